The summed E-state index contributed by atoms with van der Waals surface area (Å²) in [6.45, 7) is 0.506. The Balaban J connectivity index is 1.87. The largest absolute Gasteiger partial charge is 0.497 e. The van der Waals surface area contributed by atoms with Gasteiger partial charge in [0.1, 0.15) is 5.75 Å². The van der Waals surface area contributed by atoms with Crippen LogP contribution in [0.2, 0.25) is 5.02 Å². The Kier molecular flexibility index (Phi) is 5.75. The highest BCUT2D eigenvalue weighted by atomic mass is 35.5. The number of carbonyl (C=O) groups is 1. The highest BCUT2D eigenvalue weighted by Gasteiger charge is 2.10. The predicted octanol–water partition coefficient (Wildman–Crippen LogP) is 3.15. The molecule has 2 aromatic carbocycles. The van der Waals surface area contributed by atoms with Gasteiger partial charge in [0.05, 0.1) is 17.7 Å². The van der Waals surface area contributed by atoms with Crippen LogP contribution in [0.4, 0.5) is 0 Å². The second kappa shape index (κ2) is 7.77. The first-order valence-corrected chi connectivity index (χ1v) is 7.35. The number of hydrogen-bond donors (Lipinski definition) is 2. The Bertz CT molecular complexity index is 674. The summed E-state index contributed by atoms with van der Waals surface area (Å²) in [6, 6.07) is 14.4. The Hall–Kier alpha value is -2.11. The van der Waals surface area contributed by atoms with Crippen LogP contribution in [0.1, 0.15) is 15.9 Å². The van der Waals surface area contributed by atoms with Gasteiger partial charge < -0.3 is 10.1 Å². The van der Waals surface area contributed by atoms with Gasteiger partial charge in [-0.3, -0.25) is 10.1 Å². The standard InChI is InChI=1S/C16H15ClN2O2S/c1-21-12-8-6-11(7-9-12)10-18-16(22)19-15(20)13-4-2-3-5-14(13)17/h2-9H,10H2,1H3,(H2,18,19,20,22). The third-order valence-corrected chi connectivity index (χ3v) is 3.53. The highest BCUT2D eigenvalue weighted by Crippen LogP contribution is 2.14. The van der Waals surface area contributed by atoms with Crippen molar-refractivity contribution in [2.45, 2.75) is 6.54 Å². The molecule has 0 aliphatic heterocycles. The van der Waals surface area contributed by atoms with Gasteiger partial charge in [-0.05, 0) is 42.0 Å². The lowest BCUT2D eigenvalue weighted by molar-refractivity contribution is 0.0977. The topological polar surface area (TPSA) is 50.4 Å². The van der Waals surface area contributed by atoms with Crippen molar-refractivity contribution in [3.8, 4) is 5.75 Å². The van der Waals surface area contributed by atoms with E-state index in [4.69, 9.17) is 28.6 Å². The Morgan fingerprint density at radius 3 is 2.50 bits per heavy atom. The number of hydrogen-bond acceptors (Lipinski definition) is 3. The van der Waals surface area contributed by atoms with Crippen molar-refractivity contribution in [2.24, 2.45) is 0 Å². The molecule has 2 N–H and O–H groups in total. The molecule has 0 unspecified atom stereocenters. The minimum Gasteiger partial charge on any atom is -0.497 e. The van der Waals surface area contributed by atoms with E-state index in [9.17, 15) is 4.79 Å². The molecule has 1 amide bonds. The number of nitrogens with one attached hydrogen (secondary N) is 2. The fraction of sp³-hybridized carbons (Fsp3) is 0.125. The van der Waals surface area contributed by atoms with Gasteiger partial charge in [-0.25, -0.2) is 0 Å². The van der Waals surface area contributed by atoms with Crippen LogP contribution in [0.15, 0.2) is 48.5 Å². The number of halogens is 1. The van der Waals surface area contributed by atoms with Crippen LogP contribution in [0.5, 0.6) is 5.75 Å². The summed E-state index contributed by atoms with van der Waals surface area (Å²) in [5, 5.41) is 6.21. The molecule has 0 atom stereocenters. The van der Waals surface area contributed by atoms with E-state index in [1.165, 1.54) is 0 Å². The molecule has 2 aromatic rings. The maximum atomic E-state index is 12.0. The molecule has 0 radical (unpaired) electrons. The zero-order valence-electron chi connectivity index (χ0n) is 11.9. The molecule has 0 heterocycles. The summed E-state index contributed by atoms with van der Waals surface area (Å²) < 4.78 is 5.09. The molecule has 0 aromatic heterocycles. The summed E-state index contributed by atoms with van der Waals surface area (Å²) in [4.78, 5) is 12.0. The van der Waals surface area contributed by atoms with Crippen LogP contribution < -0.4 is 15.4 Å². The molecular weight excluding hydrogens is 320 g/mol. The maximum absolute atomic E-state index is 12.0. The number of ether oxygens (including phenoxy) is 1. The number of benzene rings is 2. The summed E-state index contributed by atoms with van der Waals surface area (Å²) >= 11 is 11.1. The number of rotatable bonds is 4. The molecule has 6 heteroatoms. The molecule has 114 valence electrons. The van der Waals surface area contributed by atoms with Crippen LogP contribution >= 0.6 is 23.8 Å². The molecule has 0 aliphatic rings. The van der Waals surface area contributed by atoms with Gasteiger partial charge >= 0.3 is 0 Å². The van der Waals surface area contributed by atoms with Crippen LogP contribution in [0.3, 0.4) is 0 Å². The van der Waals surface area contributed by atoms with Crippen molar-refractivity contribution >= 4 is 34.8 Å². The van der Waals surface area contributed by atoms with E-state index >= 15 is 0 Å². The summed E-state index contributed by atoms with van der Waals surface area (Å²) in [5.74, 6) is 0.455. The van der Waals surface area contributed by atoms with E-state index < -0.39 is 0 Å². The Morgan fingerprint density at radius 2 is 1.86 bits per heavy atom. The highest BCUT2D eigenvalue weighted by molar-refractivity contribution is 7.80. The predicted molar refractivity (Wildman–Crippen MR) is 91.3 cm³/mol. The van der Waals surface area contributed by atoms with Crippen molar-refractivity contribution < 1.29 is 9.53 Å². The smallest absolute Gasteiger partial charge is 0.258 e. The quantitative estimate of drug-likeness (QED) is 0.843. The fourth-order valence-corrected chi connectivity index (χ4v) is 2.17. The van der Waals surface area contributed by atoms with E-state index in [0.29, 0.717) is 17.1 Å². The lowest BCUT2D eigenvalue weighted by Gasteiger charge is -2.10. The van der Waals surface area contributed by atoms with Gasteiger partial charge in [0.2, 0.25) is 0 Å². The number of amides is 1. The fourth-order valence-electron chi connectivity index (χ4n) is 1.79. The first-order chi connectivity index (χ1) is 10.6. The van der Waals surface area contributed by atoms with Crippen LogP contribution in [0.25, 0.3) is 0 Å². The minimum absolute atomic E-state index is 0.251. The van der Waals surface area contributed by atoms with Crippen molar-refractivity contribution in [1.82, 2.24) is 10.6 Å². The minimum atomic E-state index is -0.335. The first-order valence-electron chi connectivity index (χ1n) is 6.57. The summed E-state index contributed by atoms with van der Waals surface area (Å²) in [5.41, 5.74) is 1.41. The van der Waals surface area contributed by atoms with Crippen molar-refractivity contribution in [2.75, 3.05) is 7.11 Å². The van der Waals surface area contributed by atoms with E-state index in [1.54, 1.807) is 31.4 Å². The van der Waals surface area contributed by atoms with Crippen LogP contribution in [-0.4, -0.2) is 18.1 Å². The van der Waals surface area contributed by atoms with E-state index in [1.807, 2.05) is 24.3 Å². The van der Waals surface area contributed by atoms with Crippen LogP contribution in [-0.2, 0) is 6.54 Å². The average molecular weight is 335 g/mol. The molecule has 0 saturated heterocycles. The van der Waals surface area contributed by atoms with E-state index in [2.05, 4.69) is 10.6 Å². The molecule has 22 heavy (non-hydrogen) atoms. The van der Waals surface area contributed by atoms with E-state index in [0.717, 1.165) is 11.3 Å². The van der Waals surface area contributed by atoms with E-state index in [-0.39, 0.29) is 11.0 Å². The molecule has 0 spiro atoms. The summed E-state index contributed by atoms with van der Waals surface area (Å²) in [7, 11) is 1.62. The second-order valence-electron chi connectivity index (χ2n) is 4.46. The van der Waals surface area contributed by atoms with Crippen molar-refractivity contribution in [3.05, 3.63) is 64.7 Å². The molecule has 0 aliphatic carbocycles. The van der Waals surface area contributed by atoms with Crippen molar-refractivity contribution in [1.29, 1.82) is 0 Å². The normalized spacial score (nSPS) is 9.91. The number of thiocarbonyl (C=S) groups is 1. The molecule has 0 bridgehead atoms. The van der Waals surface area contributed by atoms with Gasteiger partial charge in [0, 0.05) is 6.54 Å². The number of carbonyl (C=O) groups excluding carboxylic acids is 1. The van der Waals surface area contributed by atoms with Gasteiger partial charge in [-0.2, -0.15) is 0 Å². The zero-order valence-corrected chi connectivity index (χ0v) is 13.5. The lowest BCUT2D eigenvalue weighted by Crippen LogP contribution is -2.38. The van der Waals surface area contributed by atoms with Gasteiger partial charge in [-0.1, -0.05) is 35.9 Å². The third kappa shape index (κ3) is 4.44. The molecule has 4 nitrogen and oxygen atoms in total. The lowest BCUT2D eigenvalue weighted by atomic mass is 10.2. The first kappa shape index (κ1) is 16.3. The Morgan fingerprint density at radius 1 is 1.18 bits per heavy atom. The monoisotopic (exact) mass is 334 g/mol. The van der Waals surface area contributed by atoms with Gasteiger partial charge in [-0.15, -0.1) is 0 Å². The summed E-state index contributed by atoms with van der Waals surface area (Å²) in [6.07, 6.45) is 0. The molecule has 0 fully saturated rings. The zero-order chi connectivity index (χ0) is 15.9. The molecular formula is C16H15ClN2O2S. The second-order valence-corrected chi connectivity index (χ2v) is 5.28. The SMILES string of the molecule is COc1ccc(CNC(=S)NC(=O)c2ccccc2Cl)cc1. The average Bonchev–Trinajstić information content (AvgIpc) is 2.53. The Labute approximate surface area is 139 Å². The molecule has 0 saturated carbocycles. The van der Waals surface area contributed by atoms with Gasteiger partial charge in [0.25, 0.3) is 5.91 Å². The molecule has 2 rings (SSSR count). The third-order valence-electron chi connectivity index (χ3n) is 2.96. The van der Waals surface area contributed by atoms with Crippen LogP contribution in [0, 0.1) is 0 Å². The van der Waals surface area contributed by atoms with Gasteiger partial charge in [0.15, 0.2) is 5.11 Å². The maximum Gasteiger partial charge on any atom is 0.258 e. The number of methoxy groups -OCH3 is 1. The van der Waals surface area contributed by atoms with Crippen molar-refractivity contribution in [3.63, 3.8) is 0 Å².